The Morgan fingerprint density at radius 1 is 1.79 bits per heavy atom. The second-order valence-corrected chi connectivity index (χ2v) is 2.96. The smallest absolute Gasteiger partial charge is 0.234 e. The molecule has 0 saturated heterocycles. The van der Waals surface area contributed by atoms with Gasteiger partial charge in [-0.05, 0) is 12.0 Å². The molecule has 74 valence electrons. The Bertz CT molecular complexity index is 350. The summed E-state index contributed by atoms with van der Waals surface area (Å²) in [6.07, 6.45) is 4.32. The Kier molecular flexibility index (Phi) is 3.68. The number of aryl methyl sites for hydroxylation is 1. The van der Waals surface area contributed by atoms with Gasteiger partial charge >= 0.3 is 0 Å². The molecule has 0 aliphatic heterocycles. The number of nitriles is 1. The Labute approximate surface area is 82.3 Å². The second-order valence-electron chi connectivity index (χ2n) is 2.96. The molecule has 1 amide bonds. The first-order chi connectivity index (χ1) is 6.72. The summed E-state index contributed by atoms with van der Waals surface area (Å²) in [4.78, 5) is 10.9. The highest BCUT2D eigenvalue weighted by atomic mass is 16.1. The van der Waals surface area contributed by atoms with Crippen molar-refractivity contribution in [1.82, 2.24) is 15.1 Å². The van der Waals surface area contributed by atoms with Gasteiger partial charge in [0.2, 0.25) is 5.91 Å². The molecule has 0 saturated carbocycles. The van der Waals surface area contributed by atoms with Crippen molar-refractivity contribution in [3.05, 3.63) is 18.0 Å². The van der Waals surface area contributed by atoms with Crippen molar-refractivity contribution in [3.8, 4) is 6.07 Å². The number of hydrogen-bond donors (Lipinski definition) is 1. The van der Waals surface area contributed by atoms with Gasteiger partial charge < -0.3 is 5.32 Å². The van der Waals surface area contributed by atoms with Gasteiger partial charge in [0.25, 0.3) is 0 Å². The summed E-state index contributed by atoms with van der Waals surface area (Å²) in [5, 5.41) is 14.9. The van der Waals surface area contributed by atoms with E-state index in [1.807, 2.05) is 13.2 Å². The van der Waals surface area contributed by atoms with E-state index in [0.29, 0.717) is 6.54 Å². The monoisotopic (exact) mass is 192 g/mol. The third-order valence-corrected chi connectivity index (χ3v) is 1.73. The minimum Gasteiger partial charge on any atom is -0.355 e. The molecular weight excluding hydrogens is 180 g/mol. The van der Waals surface area contributed by atoms with E-state index in [1.165, 1.54) is 0 Å². The van der Waals surface area contributed by atoms with E-state index in [9.17, 15) is 4.79 Å². The molecule has 0 unspecified atom stereocenters. The number of hydrogen-bond acceptors (Lipinski definition) is 3. The number of nitrogens with one attached hydrogen (secondary N) is 1. The van der Waals surface area contributed by atoms with Gasteiger partial charge in [-0.3, -0.25) is 9.48 Å². The molecular formula is C9H12N4O. The zero-order chi connectivity index (χ0) is 10.4. The zero-order valence-corrected chi connectivity index (χ0v) is 8.03. The predicted octanol–water partition coefficient (Wildman–Crippen LogP) is -0.00752. The lowest BCUT2D eigenvalue weighted by atomic mass is 10.2. The first kappa shape index (κ1) is 10.3. The van der Waals surface area contributed by atoms with Crippen molar-refractivity contribution in [3.63, 3.8) is 0 Å². The molecule has 5 nitrogen and oxygen atoms in total. The van der Waals surface area contributed by atoms with Crippen LogP contribution in [0.1, 0.15) is 12.0 Å². The summed E-state index contributed by atoms with van der Waals surface area (Å²) in [7, 11) is 1.85. The quantitative estimate of drug-likeness (QED) is 0.729. The SMILES string of the molecule is Cn1cc(CCNC(=O)CC#N)cn1. The molecule has 0 fully saturated rings. The van der Waals surface area contributed by atoms with Crippen LogP contribution in [0.3, 0.4) is 0 Å². The largest absolute Gasteiger partial charge is 0.355 e. The van der Waals surface area contributed by atoms with Crippen molar-refractivity contribution in [2.24, 2.45) is 7.05 Å². The molecule has 1 N–H and O–H groups in total. The fraction of sp³-hybridized carbons (Fsp3) is 0.444. The van der Waals surface area contributed by atoms with E-state index in [-0.39, 0.29) is 12.3 Å². The predicted molar refractivity (Wildman–Crippen MR) is 50.2 cm³/mol. The number of amides is 1. The molecule has 0 bridgehead atoms. The van der Waals surface area contributed by atoms with E-state index < -0.39 is 0 Å². The van der Waals surface area contributed by atoms with Crippen LogP contribution in [0.2, 0.25) is 0 Å². The molecule has 0 aliphatic carbocycles. The van der Waals surface area contributed by atoms with Crippen LogP contribution in [-0.4, -0.2) is 22.2 Å². The topological polar surface area (TPSA) is 70.7 Å². The lowest BCUT2D eigenvalue weighted by molar-refractivity contribution is -0.120. The highest BCUT2D eigenvalue weighted by molar-refractivity contribution is 5.77. The molecule has 14 heavy (non-hydrogen) atoms. The van der Waals surface area contributed by atoms with Crippen LogP contribution in [0, 0.1) is 11.3 Å². The number of carbonyl (C=O) groups excluding carboxylic acids is 1. The minimum absolute atomic E-state index is 0.0763. The third-order valence-electron chi connectivity index (χ3n) is 1.73. The second kappa shape index (κ2) is 5.02. The Balaban J connectivity index is 2.22. The van der Waals surface area contributed by atoms with Crippen LogP contribution >= 0.6 is 0 Å². The van der Waals surface area contributed by atoms with Gasteiger partial charge in [0.15, 0.2) is 0 Å². The van der Waals surface area contributed by atoms with Gasteiger partial charge in [0, 0.05) is 19.8 Å². The maximum absolute atomic E-state index is 10.9. The molecule has 0 spiro atoms. The number of nitrogens with zero attached hydrogens (tertiary/aromatic N) is 3. The number of rotatable bonds is 4. The average molecular weight is 192 g/mol. The lowest BCUT2D eigenvalue weighted by Crippen LogP contribution is -2.24. The van der Waals surface area contributed by atoms with E-state index in [0.717, 1.165) is 12.0 Å². The Hall–Kier alpha value is -1.83. The number of carbonyl (C=O) groups is 1. The van der Waals surface area contributed by atoms with Gasteiger partial charge in [-0.2, -0.15) is 10.4 Å². The standard InChI is InChI=1S/C9H12N4O/c1-13-7-8(6-12-13)3-5-11-9(14)2-4-10/h6-7H,2-3,5H2,1H3,(H,11,14). The maximum atomic E-state index is 10.9. The van der Waals surface area contributed by atoms with Crippen molar-refractivity contribution in [2.75, 3.05) is 6.54 Å². The number of aromatic nitrogens is 2. The van der Waals surface area contributed by atoms with Gasteiger partial charge in [0.1, 0.15) is 6.42 Å². The molecule has 1 heterocycles. The minimum atomic E-state index is -0.226. The summed E-state index contributed by atoms with van der Waals surface area (Å²) < 4.78 is 1.71. The zero-order valence-electron chi connectivity index (χ0n) is 8.03. The average Bonchev–Trinajstić information content (AvgIpc) is 2.52. The van der Waals surface area contributed by atoms with Crippen molar-refractivity contribution in [2.45, 2.75) is 12.8 Å². The Morgan fingerprint density at radius 3 is 3.14 bits per heavy atom. The first-order valence-electron chi connectivity index (χ1n) is 4.33. The molecule has 0 atom stereocenters. The Morgan fingerprint density at radius 2 is 2.57 bits per heavy atom. The molecule has 5 heteroatoms. The van der Waals surface area contributed by atoms with Crippen LogP contribution in [0.15, 0.2) is 12.4 Å². The molecule has 1 rings (SSSR count). The van der Waals surface area contributed by atoms with Crippen molar-refractivity contribution in [1.29, 1.82) is 5.26 Å². The van der Waals surface area contributed by atoms with Gasteiger partial charge in [-0.25, -0.2) is 0 Å². The summed E-state index contributed by atoms with van der Waals surface area (Å²) in [6.45, 7) is 0.548. The van der Waals surface area contributed by atoms with Crippen LogP contribution in [0.25, 0.3) is 0 Å². The van der Waals surface area contributed by atoms with Crippen molar-refractivity contribution >= 4 is 5.91 Å². The molecule has 1 aromatic rings. The fourth-order valence-electron chi connectivity index (χ4n) is 1.08. The van der Waals surface area contributed by atoms with E-state index in [2.05, 4.69) is 10.4 Å². The van der Waals surface area contributed by atoms with Crippen molar-refractivity contribution < 1.29 is 4.79 Å². The lowest BCUT2D eigenvalue weighted by Gasteiger charge is -1.99. The maximum Gasteiger partial charge on any atom is 0.234 e. The van der Waals surface area contributed by atoms with E-state index in [1.54, 1.807) is 16.9 Å². The first-order valence-corrected chi connectivity index (χ1v) is 4.33. The van der Waals surface area contributed by atoms with Crippen LogP contribution in [-0.2, 0) is 18.3 Å². The van der Waals surface area contributed by atoms with Gasteiger partial charge in [-0.1, -0.05) is 0 Å². The molecule has 1 aromatic heterocycles. The van der Waals surface area contributed by atoms with Gasteiger partial charge in [-0.15, -0.1) is 0 Å². The normalized spacial score (nSPS) is 9.43. The van der Waals surface area contributed by atoms with E-state index >= 15 is 0 Å². The highest BCUT2D eigenvalue weighted by Gasteiger charge is 1.99. The van der Waals surface area contributed by atoms with Crippen LogP contribution < -0.4 is 5.32 Å². The van der Waals surface area contributed by atoms with Gasteiger partial charge in [0.05, 0.1) is 12.3 Å². The third kappa shape index (κ3) is 3.27. The summed E-state index contributed by atoms with van der Waals surface area (Å²) in [5.41, 5.74) is 1.07. The van der Waals surface area contributed by atoms with Crippen LogP contribution in [0.5, 0.6) is 0 Å². The molecule has 0 aliphatic rings. The summed E-state index contributed by atoms with van der Waals surface area (Å²) >= 11 is 0. The summed E-state index contributed by atoms with van der Waals surface area (Å²) in [5.74, 6) is -0.226. The molecule has 0 radical (unpaired) electrons. The molecule has 0 aromatic carbocycles. The fourth-order valence-corrected chi connectivity index (χ4v) is 1.08. The highest BCUT2D eigenvalue weighted by Crippen LogP contribution is 1.95. The van der Waals surface area contributed by atoms with Crippen LogP contribution in [0.4, 0.5) is 0 Å². The summed E-state index contributed by atoms with van der Waals surface area (Å²) in [6, 6.07) is 1.79. The van der Waals surface area contributed by atoms with E-state index in [4.69, 9.17) is 5.26 Å².